The van der Waals surface area contributed by atoms with E-state index in [1.807, 2.05) is 0 Å². The zero-order valence-electron chi connectivity index (χ0n) is 13.6. The molecule has 21 heavy (non-hydrogen) atoms. The maximum Gasteiger partial charge on any atom is 0.119 e. The number of ether oxygens (including phenoxy) is 1. The van der Waals surface area contributed by atoms with Gasteiger partial charge in [-0.05, 0) is 69.3 Å². The van der Waals surface area contributed by atoms with E-state index in [1.54, 1.807) is 7.11 Å². The van der Waals surface area contributed by atoms with Crippen molar-refractivity contribution >= 4 is 0 Å². The molecule has 3 heteroatoms. The molecular weight excluding hydrogens is 260 g/mol. The molecule has 0 aliphatic heterocycles. The van der Waals surface area contributed by atoms with E-state index in [0.717, 1.165) is 24.8 Å². The normalized spacial score (nSPS) is 23.0. The van der Waals surface area contributed by atoms with Crippen LogP contribution in [0.5, 0.6) is 5.75 Å². The van der Waals surface area contributed by atoms with Crippen molar-refractivity contribution in [1.29, 1.82) is 0 Å². The maximum atomic E-state index is 5.35. The van der Waals surface area contributed by atoms with Gasteiger partial charge in [0.05, 0.1) is 7.11 Å². The van der Waals surface area contributed by atoms with Crippen LogP contribution in [0.15, 0.2) is 18.2 Å². The monoisotopic (exact) mass is 288 g/mol. The molecule has 1 aromatic rings. The first-order valence-electron chi connectivity index (χ1n) is 8.28. The van der Waals surface area contributed by atoms with Gasteiger partial charge in [-0.3, -0.25) is 4.90 Å². The van der Waals surface area contributed by atoms with Crippen LogP contribution in [-0.2, 0) is 12.8 Å². The topological polar surface area (TPSA) is 24.5 Å². The fourth-order valence-electron chi connectivity index (χ4n) is 3.36. The Balaban J connectivity index is 1.53. The molecule has 0 saturated heterocycles. The number of hydrogen-bond donors (Lipinski definition) is 1. The number of methoxy groups -OCH3 is 1. The van der Waals surface area contributed by atoms with Crippen LogP contribution < -0.4 is 10.1 Å². The zero-order chi connectivity index (χ0) is 14.8. The number of rotatable bonds is 6. The third-order valence-electron chi connectivity index (χ3n) is 5.16. The Bertz CT molecular complexity index is 484. The van der Waals surface area contributed by atoms with Gasteiger partial charge in [0.2, 0.25) is 0 Å². The number of nitrogens with one attached hydrogen (secondary N) is 1. The lowest BCUT2D eigenvalue weighted by atomic mass is 9.88. The third-order valence-corrected chi connectivity index (χ3v) is 5.16. The van der Waals surface area contributed by atoms with Gasteiger partial charge in [-0.15, -0.1) is 0 Å². The fraction of sp³-hybridized carbons (Fsp3) is 0.667. The smallest absolute Gasteiger partial charge is 0.119 e. The zero-order valence-corrected chi connectivity index (χ0v) is 13.6. The highest BCUT2D eigenvalue weighted by molar-refractivity contribution is 5.37. The van der Waals surface area contributed by atoms with Gasteiger partial charge in [0.25, 0.3) is 0 Å². The summed E-state index contributed by atoms with van der Waals surface area (Å²) in [6.45, 7) is 3.43. The van der Waals surface area contributed by atoms with Crippen molar-refractivity contribution < 1.29 is 4.74 Å². The molecular formula is C18H28N2O. The summed E-state index contributed by atoms with van der Waals surface area (Å²) in [5.41, 5.74) is 2.96. The summed E-state index contributed by atoms with van der Waals surface area (Å²) < 4.78 is 5.35. The predicted molar refractivity (Wildman–Crippen MR) is 87.1 cm³/mol. The van der Waals surface area contributed by atoms with Crippen molar-refractivity contribution in [2.24, 2.45) is 0 Å². The molecule has 1 N–H and O–H groups in total. The van der Waals surface area contributed by atoms with Crippen LogP contribution in [0.25, 0.3) is 0 Å². The second-order valence-electron chi connectivity index (χ2n) is 6.73. The van der Waals surface area contributed by atoms with E-state index in [1.165, 1.54) is 36.8 Å². The van der Waals surface area contributed by atoms with Gasteiger partial charge in [-0.25, -0.2) is 0 Å². The fourth-order valence-corrected chi connectivity index (χ4v) is 3.36. The molecule has 0 radical (unpaired) electrons. The van der Waals surface area contributed by atoms with Crippen LogP contribution in [0, 0.1) is 0 Å². The SMILES string of the molecule is COc1ccc2c(c1)CC(NCC(C)N(C)C1CC1)CC2. The van der Waals surface area contributed by atoms with Crippen LogP contribution >= 0.6 is 0 Å². The summed E-state index contributed by atoms with van der Waals surface area (Å²) in [6, 6.07) is 8.61. The molecule has 116 valence electrons. The Morgan fingerprint density at radius 3 is 2.81 bits per heavy atom. The number of nitrogens with zero attached hydrogens (tertiary/aromatic N) is 1. The van der Waals surface area contributed by atoms with Gasteiger partial charge in [-0.1, -0.05) is 6.07 Å². The van der Waals surface area contributed by atoms with Crippen molar-refractivity contribution in [2.75, 3.05) is 20.7 Å². The van der Waals surface area contributed by atoms with E-state index >= 15 is 0 Å². The lowest BCUT2D eigenvalue weighted by molar-refractivity contribution is 0.233. The summed E-state index contributed by atoms with van der Waals surface area (Å²) in [4.78, 5) is 2.53. The molecule has 3 nitrogen and oxygen atoms in total. The van der Waals surface area contributed by atoms with E-state index in [9.17, 15) is 0 Å². The Morgan fingerprint density at radius 1 is 1.29 bits per heavy atom. The highest BCUT2D eigenvalue weighted by Gasteiger charge is 2.29. The lowest BCUT2D eigenvalue weighted by Gasteiger charge is -2.30. The van der Waals surface area contributed by atoms with Gasteiger partial charge in [-0.2, -0.15) is 0 Å². The number of fused-ring (bicyclic) bond motifs is 1. The van der Waals surface area contributed by atoms with Gasteiger partial charge in [0.1, 0.15) is 5.75 Å². The van der Waals surface area contributed by atoms with Gasteiger partial charge < -0.3 is 10.1 Å². The summed E-state index contributed by atoms with van der Waals surface area (Å²) in [5, 5.41) is 3.78. The Labute approximate surface area is 128 Å². The second kappa shape index (κ2) is 6.37. The van der Waals surface area contributed by atoms with E-state index in [4.69, 9.17) is 4.74 Å². The quantitative estimate of drug-likeness (QED) is 0.871. The number of hydrogen-bond acceptors (Lipinski definition) is 3. The van der Waals surface area contributed by atoms with Crippen molar-refractivity contribution in [1.82, 2.24) is 10.2 Å². The maximum absolute atomic E-state index is 5.35. The Kier molecular flexibility index (Phi) is 4.51. The van der Waals surface area contributed by atoms with Crippen LogP contribution in [-0.4, -0.2) is 43.7 Å². The molecule has 0 aromatic heterocycles. The lowest BCUT2D eigenvalue weighted by Crippen LogP contribution is -2.44. The minimum atomic E-state index is 0.611. The van der Waals surface area contributed by atoms with Crippen molar-refractivity contribution in [3.63, 3.8) is 0 Å². The summed E-state index contributed by atoms with van der Waals surface area (Å²) in [6.07, 6.45) is 6.34. The molecule has 3 rings (SSSR count). The largest absolute Gasteiger partial charge is 0.497 e. The first-order chi connectivity index (χ1) is 10.2. The van der Waals surface area contributed by atoms with Gasteiger partial charge in [0.15, 0.2) is 0 Å². The van der Waals surface area contributed by atoms with E-state index in [2.05, 4.69) is 42.4 Å². The highest BCUT2D eigenvalue weighted by Crippen LogP contribution is 2.27. The minimum Gasteiger partial charge on any atom is -0.497 e. The molecule has 0 bridgehead atoms. The van der Waals surface area contributed by atoms with Gasteiger partial charge in [0, 0.05) is 24.7 Å². The summed E-state index contributed by atoms with van der Waals surface area (Å²) in [7, 11) is 4.01. The molecule has 0 amide bonds. The number of likely N-dealkylation sites (N-methyl/N-ethyl adjacent to an activating group) is 1. The average Bonchev–Trinajstić information content (AvgIpc) is 3.35. The first-order valence-corrected chi connectivity index (χ1v) is 8.28. The minimum absolute atomic E-state index is 0.611. The van der Waals surface area contributed by atoms with E-state index in [-0.39, 0.29) is 0 Å². The van der Waals surface area contributed by atoms with Crippen LogP contribution in [0.3, 0.4) is 0 Å². The molecule has 0 heterocycles. The van der Waals surface area contributed by atoms with Crippen LogP contribution in [0.1, 0.15) is 37.3 Å². The highest BCUT2D eigenvalue weighted by atomic mass is 16.5. The Hall–Kier alpha value is -1.06. The van der Waals surface area contributed by atoms with Gasteiger partial charge >= 0.3 is 0 Å². The van der Waals surface area contributed by atoms with E-state index in [0.29, 0.717) is 12.1 Å². The van der Waals surface area contributed by atoms with E-state index < -0.39 is 0 Å². The summed E-state index contributed by atoms with van der Waals surface area (Å²) >= 11 is 0. The second-order valence-corrected chi connectivity index (χ2v) is 6.73. The first kappa shape index (κ1) is 14.9. The van der Waals surface area contributed by atoms with Crippen LogP contribution in [0.4, 0.5) is 0 Å². The molecule has 2 aliphatic carbocycles. The summed E-state index contributed by atoms with van der Waals surface area (Å²) in [5.74, 6) is 0.983. The molecule has 2 atom stereocenters. The number of aryl methyl sites for hydroxylation is 1. The van der Waals surface area contributed by atoms with Crippen molar-refractivity contribution in [2.45, 2.75) is 57.2 Å². The van der Waals surface area contributed by atoms with Crippen molar-refractivity contribution in [3.05, 3.63) is 29.3 Å². The number of benzene rings is 1. The molecule has 1 saturated carbocycles. The van der Waals surface area contributed by atoms with Crippen molar-refractivity contribution in [3.8, 4) is 5.75 Å². The predicted octanol–water partition coefficient (Wildman–Crippen LogP) is 2.62. The van der Waals surface area contributed by atoms with Crippen LogP contribution in [0.2, 0.25) is 0 Å². The third kappa shape index (κ3) is 3.58. The molecule has 1 fully saturated rings. The molecule has 0 spiro atoms. The molecule has 2 unspecified atom stereocenters. The molecule has 1 aromatic carbocycles. The Morgan fingerprint density at radius 2 is 2.10 bits per heavy atom. The standard InChI is InChI=1S/C18H28N2O/c1-13(20(2)17-7-8-17)12-19-16-6-4-14-5-9-18(21-3)11-15(14)10-16/h5,9,11,13,16-17,19H,4,6-8,10,12H2,1-3H3. The average molecular weight is 288 g/mol. The molecule has 2 aliphatic rings.